The summed E-state index contributed by atoms with van der Waals surface area (Å²) in [4.78, 5) is 0. The molecule has 3 rings (SSSR count). The Labute approximate surface area is 128 Å². The Balaban J connectivity index is 1.62. The van der Waals surface area contributed by atoms with Gasteiger partial charge in [-0.05, 0) is 50.3 Å². The van der Waals surface area contributed by atoms with E-state index < -0.39 is 0 Å². The van der Waals surface area contributed by atoms with Crippen LogP contribution in [0.5, 0.6) is 0 Å². The summed E-state index contributed by atoms with van der Waals surface area (Å²) >= 11 is 0. The average molecular weight is 289 g/mol. The zero-order valence-electron chi connectivity index (χ0n) is 13.5. The number of aryl methyl sites for hydroxylation is 3. The van der Waals surface area contributed by atoms with Gasteiger partial charge in [-0.15, -0.1) is 0 Å². The van der Waals surface area contributed by atoms with Gasteiger partial charge in [0, 0.05) is 32.2 Å². The van der Waals surface area contributed by atoms with Gasteiger partial charge in [0.05, 0.1) is 12.2 Å². The molecule has 2 saturated heterocycles. The van der Waals surface area contributed by atoms with Gasteiger partial charge >= 0.3 is 0 Å². The van der Waals surface area contributed by atoms with E-state index in [0.29, 0.717) is 6.04 Å². The molecule has 3 nitrogen and oxygen atoms in total. The third-order valence-corrected chi connectivity index (χ3v) is 4.97. The minimum absolute atomic E-state index is 0.00666. The van der Waals surface area contributed by atoms with Crippen molar-refractivity contribution in [2.75, 3.05) is 19.8 Å². The van der Waals surface area contributed by atoms with Gasteiger partial charge in [-0.25, -0.2) is 0 Å². The molecule has 0 radical (unpaired) electrons. The molecule has 0 unspecified atom stereocenters. The quantitative estimate of drug-likeness (QED) is 0.928. The van der Waals surface area contributed by atoms with E-state index in [9.17, 15) is 0 Å². The highest BCUT2D eigenvalue weighted by Gasteiger charge is 2.40. The first-order valence-electron chi connectivity index (χ1n) is 8.10. The molecule has 1 N–H and O–H groups in total. The van der Waals surface area contributed by atoms with Crippen molar-refractivity contribution >= 4 is 0 Å². The summed E-state index contributed by atoms with van der Waals surface area (Å²) in [7, 11) is 0. The molecule has 2 heterocycles. The normalized spacial score (nSPS) is 29.2. The fourth-order valence-electron chi connectivity index (χ4n) is 3.80. The molecule has 2 fully saturated rings. The second-order valence-electron chi connectivity index (χ2n) is 6.78. The van der Waals surface area contributed by atoms with Crippen molar-refractivity contribution in [2.24, 2.45) is 0 Å². The van der Waals surface area contributed by atoms with Crippen LogP contribution in [0.15, 0.2) is 12.1 Å². The molecule has 2 atom stereocenters. The standard InChI is InChI=1S/C18H27NO2/c1-13-8-14(2)17(15(3)9-13)11-19-16-4-6-21-18(10-16)5-7-20-12-18/h8-9,16,19H,4-7,10-12H2,1-3H3/t16-,18-/m0/s1. The Morgan fingerprint density at radius 1 is 1.19 bits per heavy atom. The summed E-state index contributed by atoms with van der Waals surface area (Å²) in [5.74, 6) is 0. The van der Waals surface area contributed by atoms with Gasteiger partial charge < -0.3 is 14.8 Å². The van der Waals surface area contributed by atoms with E-state index in [4.69, 9.17) is 9.47 Å². The average Bonchev–Trinajstić information content (AvgIpc) is 2.85. The summed E-state index contributed by atoms with van der Waals surface area (Å²) in [6, 6.07) is 5.10. The van der Waals surface area contributed by atoms with Crippen molar-refractivity contribution in [2.45, 2.75) is 58.2 Å². The van der Waals surface area contributed by atoms with E-state index in [2.05, 4.69) is 38.2 Å². The largest absolute Gasteiger partial charge is 0.378 e. The summed E-state index contributed by atoms with van der Waals surface area (Å²) in [6.45, 7) is 10.0. The molecule has 2 aliphatic rings. The molecule has 0 aliphatic carbocycles. The number of hydrogen-bond acceptors (Lipinski definition) is 3. The van der Waals surface area contributed by atoms with Crippen molar-refractivity contribution in [3.63, 3.8) is 0 Å². The molecule has 1 aromatic rings. The smallest absolute Gasteiger partial charge is 0.0951 e. The molecule has 0 amide bonds. The number of nitrogens with one attached hydrogen (secondary N) is 1. The van der Waals surface area contributed by atoms with Crippen LogP contribution in [0.4, 0.5) is 0 Å². The number of rotatable bonds is 3. The van der Waals surface area contributed by atoms with E-state index in [1.807, 2.05) is 0 Å². The summed E-state index contributed by atoms with van der Waals surface area (Å²) < 4.78 is 11.6. The molecule has 0 bridgehead atoms. The Kier molecular flexibility index (Phi) is 4.34. The van der Waals surface area contributed by atoms with Crippen LogP contribution in [0.2, 0.25) is 0 Å². The minimum Gasteiger partial charge on any atom is -0.378 e. The fourth-order valence-corrected chi connectivity index (χ4v) is 3.80. The Morgan fingerprint density at radius 2 is 1.95 bits per heavy atom. The Bertz CT molecular complexity index is 483. The lowest BCUT2D eigenvalue weighted by Crippen LogP contribution is -2.47. The van der Waals surface area contributed by atoms with Crippen LogP contribution in [0, 0.1) is 20.8 Å². The van der Waals surface area contributed by atoms with Gasteiger partial charge in [0.1, 0.15) is 0 Å². The molecule has 1 spiro atoms. The van der Waals surface area contributed by atoms with Gasteiger partial charge in [0.2, 0.25) is 0 Å². The zero-order valence-corrected chi connectivity index (χ0v) is 13.5. The van der Waals surface area contributed by atoms with Gasteiger partial charge in [0.15, 0.2) is 0 Å². The first-order valence-corrected chi connectivity index (χ1v) is 8.10. The second-order valence-corrected chi connectivity index (χ2v) is 6.78. The van der Waals surface area contributed by atoms with Crippen LogP contribution in [-0.2, 0) is 16.0 Å². The van der Waals surface area contributed by atoms with Crippen LogP contribution < -0.4 is 5.32 Å². The molecular formula is C18H27NO2. The number of ether oxygens (including phenoxy) is 2. The van der Waals surface area contributed by atoms with Crippen LogP contribution in [0.3, 0.4) is 0 Å². The van der Waals surface area contributed by atoms with Crippen molar-refractivity contribution < 1.29 is 9.47 Å². The van der Waals surface area contributed by atoms with Crippen LogP contribution in [0.25, 0.3) is 0 Å². The van der Waals surface area contributed by atoms with Gasteiger partial charge in [0.25, 0.3) is 0 Å². The molecule has 0 saturated carbocycles. The van der Waals surface area contributed by atoms with E-state index >= 15 is 0 Å². The lowest BCUT2D eigenvalue weighted by molar-refractivity contribution is -0.0894. The van der Waals surface area contributed by atoms with E-state index in [1.165, 1.54) is 22.3 Å². The monoisotopic (exact) mass is 289 g/mol. The van der Waals surface area contributed by atoms with E-state index in [1.54, 1.807) is 0 Å². The lowest BCUT2D eigenvalue weighted by Gasteiger charge is -2.37. The highest BCUT2D eigenvalue weighted by Crippen LogP contribution is 2.33. The predicted molar refractivity (Wildman–Crippen MR) is 84.6 cm³/mol. The summed E-state index contributed by atoms with van der Waals surface area (Å²) in [6.07, 6.45) is 3.23. The SMILES string of the molecule is Cc1cc(C)c(CN[C@H]2CCO[C@@]3(CCOC3)C2)c(C)c1. The minimum atomic E-state index is -0.00666. The van der Waals surface area contributed by atoms with Gasteiger partial charge in [-0.3, -0.25) is 0 Å². The maximum absolute atomic E-state index is 6.01. The predicted octanol–water partition coefficient (Wildman–Crippen LogP) is 3.04. The number of benzene rings is 1. The molecule has 2 aliphatic heterocycles. The molecule has 0 aromatic heterocycles. The van der Waals surface area contributed by atoms with Crippen molar-refractivity contribution in [3.05, 3.63) is 34.4 Å². The van der Waals surface area contributed by atoms with Crippen LogP contribution >= 0.6 is 0 Å². The first-order chi connectivity index (χ1) is 10.1. The van der Waals surface area contributed by atoms with Crippen molar-refractivity contribution in [3.8, 4) is 0 Å². The molecule has 116 valence electrons. The number of hydrogen-bond donors (Lipinski definition) is 1. The van der Waals surface area contributed by atoms with E-state index in [0.717, 1.165) is 45.6 Å². The van der Waals surface area contributed by atoms with Gasteiger partial charge in [-0.1, -0.05) is 17.7 Å². The van der Waals surface area contributed by atoms with Crippen molar-refractivity contribution in [1.29, 1.82) is 0 Å². The third kappa shape index (κ3) is 3.31. The molecular weight excluding hydrogens is 262 g/mol. The van der Waals surface area contributed by atoms with Crippen LogP contribution in [-0.4, -0.2) is 31.5 Å². The Morgan fingerprint density at radius 3 is 2.62 bits per heavy atom. The zero-order chi connectivity index (χ0) is 14.9. The lowest BCUT2D eigenvalue weighted by atomic mass is 9.89. The highest BCUT2D eigenvalue weighted by molar-refractivity contribution is 5.37. The van der Waals surface area contributed by atoms with Gasteiger partial charge in [-0.2, -0.15) is 0 Å². The maximum atomic E-state index is 6.01. The van der Waals surface area contributed by atoms with Crippen molar-refractivity contribution in [1.82, 2.24) is 5.32 Å². The third-order valence-electron chi connectivity index (χ3n) is 4.97. The highest BCUT2D eigenvalue weighted by atomic mass is 16.6. The van der Waals surface area contributed by atoms with E-state index in [-0.39, 0.29) is 5.60 Å². The molecule has 21 heavy (non-hydrogen) atoms. The maximum Gasteiger partial charge on any atom is 0.0951 e. The Hall–Kier alpha value is -0.900. The molecule has 1 aromatic carbocycles. The van der Waals surface area contributed by atoms with Crippen LogP contribution in [0.1, 0.15) is 41.5 Å². The summed E-state index contributed by atoms with van der Waals surface area (Å²) in [5, 5.41) is 3.75. The summed E-state index contributed by atoms with van der Waals surface area (Å²) in [5.41, 5.74) is 5.58. The molecule has 3 heteroatoms. The second kappa shape index (κ2) is 6.07. The fraction of sp³-hybridized carbons (Fsp3) is 0.667. The first kappa shape index (κ1) is 15.0. The topological polar surface area (TPSA) is 30.5 Å².